The number of rotatable bonds is 8. The number of hydrogen-bond donors (Lipinski definition) is 1. The van der Waals surface area contributed by atoms with Crippen LogP contribution in [-0.2, 0) is 16.0 Å². The third-order valence-electron chi connectivity index (χ3n) is 4.94. The van der Waals surface area contributed by atoms with Crippen molar-refractivity contribution >= 4 is 5.91 Å². The van der Waals surface area contributed by atoms with Crippen LogP contribution in [0.2, 0.25) is 0 Å². The monoisotopic (exact) mass is 400 g/mol. The number of methoxy groups -OCH3 is 1. The van der Waals surface area contributed by atoms with Crippen LogP contribution >= 0.6 is 0 Å². The molecule has 2 aromatic rings. The summed E-state index contributed by atoms with van der Waals surface area (Å²) in [6, 6.07) is 10.8. The number of nitrogens with zero attached hydrogens (tertiary/aromatic N) is 3. The standard InChI is InChI=1S/C21H28N4O4/c1-16-3-5-17(6-4-16)19(15-24-9-13-29-14-10-24)22-21(27)18-7-8-20(26)25(23-18)11-12-28-2/h3-8,19H,9-15H2,1-2H3,(H,22,27). The van der Waals surface area contributed by atoms with Gasteiger partial charge < -0.3 is 14.8 Å². The molecule has 1 fully saturated rings. The lowest BCUT2D eigenvalue weighted by Gasteiger charge is -2.31. The molecule has 0 aliphatic carbocycles. The lowest BCUT2D eigenvalue weighted by Crippen LogP contribution is -2.43. The molecule has 0 bridgehead atoms. The molecule has 156 valence electrons. The molecule has 8 nitrogen and oxygen atoms in total. The largest absolute Gasteiger partial charge is 0.383 e. The highest BCUT2D eigenvalue weighted by atomic mass is 16.5. The lowest BCUT2D eigenvalue weighted by molar-refractivity contribution is 0.0332. The second-order valence-corrected chi connectivity index (χ2v) is 7.12. The average molecular weight is 400 g/mol. The Bertz CT molecular complexity index is 860. The van der Waals surface area contributed by atoms with Crippen LogP contribution in [-0.4, -0.2) is 67.2 Å². The maximum atomic E-state index is 12.9. The molecule has 1 aromatic carbocycles. The van der Waals surface area contributed by atoms with Gasteiger partial charge in [-0.3, -0.25) is 14.5 Å². The summed E-state index contributed by atoms with van der Waals surface area (Å²) in [6.45, 7) is 6.42. The van der Waals surface area contributed by atoms with E-state index < -0.39 is 0 Å². The van der Waals surface area contributed by atoms with Gasteiger partial charge in [-0.15, -0.1) is 0 Å². The van der Waals surface area contributed by atoms with E-state index in [-0.39, 0.29) is 23.2 Å². The van der Waals surface area contributed by atoms with E-state index in [0.717, 1.165) is 24.2 Å². The van der Waals surface area contributed by atoms with E-state index in [0.29, 0.717) is 32.9 Å². The van der Waals surface area contributed by atoms with E-state index in [1.165, 1.54) is 16.8 Å². The number of amides is 1. The number of carbonyl (C=O) groups excluding carboxylic acids is 1. The van der Waals surface area contributed by atoms with E-state index in [1.807, 2.05) is 31.2 Å². The summed E-state index contributed by atoms with van der Waals surface area (Å²) >= 11 is 0. The number of aromatic nitrogens is 2. The van der Waals surface area contributed by atoms with E-state index in [1.54, 1.807) is 7.11 Å². The molecule has 1 aliphatic heterocycles. The fourth-order valence-electron chi connectivity index (χ4n) is 3.22. The molecule has 2 heterocycles. The van der Waals surface area contributed by atoms with Crippen molar-refractivity contribution in [2.45, 2.75) is 19.5 Å². The maximum absolute atomic E-state index is 12.9. The molecule has 3 rings (SSSR count). The number of benzene rings is 1. The topological polar surface area (TPSA) is 85.7 Å². The van der Waals surface area contributed by atoms with Gasteiger partial charge in [-0.05, 0) is 18.6 Å². The van der Waals surface area contributed by atoms with Crippen LogP contribution in [0.25, 0.3) is 0 Å². The predicted octanol–water partition coefficient (Wildman–Crippen LogP) is 1.00. The van der Waals surface area contributed by atoms with Crippen molar-refractivity contribution in [3.05, 3.63) is 63.6 Å². The summed E-state index contributed by atoms with van der Waals surface area (Å²) < 4.78 is 11.7. The zero-order valence-electron chi connectivity index (χ0n) is 17.0. The van der Waals surface area contributed by atoms with E-state index in [4.69, 9.17) is 9.47 Å². The number of nitrogens with one attached hydrogen (secondary N) is 1. The van der Waals surface area contributed by atoms with Crippen molar-refractivity contribution in [2.24, 2.45) is 0 Å². The van der Waals surface area contributed by atoms with Crippen molar-refractivity contribution in [3.63, 3.8) is 0 Å². The number of morpholine rings is 1. The third kappa shape index (κ3) is 5.96. The summed E-state index contributed by atoms with van der Waals surface area (Å²) in [5, 5.41) is 7.28. The summed E-state index contributed by atoms with van der Waals surface area (Å²) in [5.41, 5.74) is 2.14. The molecule has 1 N–H and O–H groups in total. The molecule has 0 radical (unpaired) electrons. The zero-order chi connectivity index (χ0) is 20.6. The highest BCUT2D eigenvalue weighted by Gasteiger charge is 2.21. The zero-order valence-corrected chi connectivity index (χ0v) is 17.0. The fraction of sp³-hybridized carbons (Fsp3) is 0.476. The number of ether oxygens (including phenoxy) is 2. The third-order valence-corrected chi connectivity index (χ3v) is 4.94. The minimum absolute atomic E-state index is 0.192. The van der Waals surface area contributed by atoms with Crippen LogP contribution in [0.15, 0.2) is 41.2 Å². The van der Waals surface area contributed by atoms with Crippen LogP contribution in [0.4, 0.5) is 0 Å². The first-order valence-corrected chi connectivity index (χ1v) is 9.81. The Labute approximate surface area is 170 Å². The quantitative estimate of drug-likeness (QED) is 0.712. The SMILES string of the molecule is COCCn1nc(C(=O)NC(CN2CCOCC2)c2ccc(C)cc2)ccc1=O. The Morgan fingerprint density at radius 2 is 1.93 bits per heavy atom. The summed E-state index contributed by atoms with van der Waals surface area (Å²) in [6.07, 6.45) is 0. The first-order chi connectivity index (χ1) is 14.1. The molecule has 8 heteroatoms. The summed E-state index contributed by atoms with van der Waals surface area (Å²) in [4.78, 5) is 27.1. The van der Waals surface area contributed by atoms with Gasteiger partial charge in [0, 0.05) is 32.8 Å². The van der Waals surface area contributed by atoms with Crippen LogP contribution in [0.1, 0.15) is 27.7 Å². The van der Waals surface area contributed by atoms with Crippen LogP contribution < -0.4 is 10.9 Å². The van der Waals surface area contributed by atoms with Crippen LogP contribution in [0, 0.1) is 6.92 Å². The molecule has 29 heavy (non-hydrogen) atoms. The van der Waals surface area contributed by atoms with Crippen LogP contribution in [0.5, 0.6) is 0 Å². The number of hydrogen-bond acceptors (Lipinski definition) is 6. The molecular weight excluding hydrogens is 372 g/mol. The Morgan fingerprint density at radius 3 is 2.62 bits per heavy atom. The first kappa shape index (κ1) is 21.2. The van der Waals surface area contributed by atoms with Gasteiger partial charge in [0.15, 0.2) is 0 Å². The Hall–Kier alpha value is -2.55. The fourth-order valence-corrected chi connectivity index (χ4v) is 3.22. The molecule has 0 saturated carbocycles. The maximum Gasteiger partial charge on any atom is 0.272 e. The van der Waals surface area contributed by atoms with Gasteiger partial charge >= 0.3 is 0 Å². The highest BCUT2D eigenvalue weighted by Crippen LogP contribution is 2.17. The van der Waals surface area contributed by atoms with E-state index in [2.05, 4.69) is 15.3 Å². The van der Waals surface area contributed by atoms with Gasteiger partial charge in [0.1, 0.15) is 5.69 Å². The molecule has 1 atom stereocenters. The number of aryl methyl sites for hydroxylation is 1. The smallest absolute Gasteiger partial charge is 0.272 e. The van der Waals surface area contributed by atoms with E-state index >= 15 is 0 Å². The Morgan fingerprint density at radius 1 is 1.21 bits per heavy atom. The van der Waals surface area contributed by atoms with Crippen molar-refractivity contribution in [2.75, 3.05) is 46.6 Å². The normalized spacial score (nSPS) is 15.8. The second-order valence-electron chi connectivity index (χ2n) is 7.12. The molecule has 1 unspecified atom stereocenters. The summed E-state index contributed by atoms with van der Waals surface area (Å²) in [5.74, 6) is -0.310. The molecule has 1 amide bonds. The summed E-state index contributed by atoms with van der Waals surface area (Å²) in [7, 11) is 1.55. The molecule has 1 aromatic heterocycles. The van der Waals surface area contributed by atoms with Gasteiger partial charge in [-0.2, -0.15) is 5.10 Å². The average Bonchev–Trinajstić information content (AvgIpc) is 2.74. The van der Waals surface area contributed by atoms with Gasteiger partial charge in [0.25, 0.3) is 11.5 Å². The van der Waals surface area contributed by atoms with Gasteiger partial charge in [0.2, 0.25) is 0 Å². The number of carbonyl (C=O) groups is 1. The lowest BCUT2D eigenvalue weighted by atomic mass is 10.0. The highest BCUT2D eigenvalue weighted by molar-refractivity contribution is 5.92. The van der Waals surface area contributed by atoms with Crippen molar-refractivity contribution in [3.8, 4) is 0 Å². The molecule has 1 aliphatic rings. The van der Waals surface area contributed by atoms with Gasteiger partial charge in [0.05, 0.1) is 32.4 Å². The molecule has 1 saturated heterocycles. The Kier molecular flexibility index (Phi) is 7.51. The Balaban J connectivity index is 1.78. The minimum atomic E-state index is -0.310. The van der Waals surface area contributed by atoms with Gasteiger partial charge in [-0.1, -0.05) is 29.8 Å². The van der Waals surface area contributed by atoms with Crippen molar-refractivity contribution < 1.29 is 14.3 Å². The second kappa shape index (κ2) is 10.3. The van der Waals surface area contributed by atoms with Crippen LogP contribution in [0.3, 0.4) is 0 Å². The first-order valence-electron chi connectivity index (χ1n) is 9.81. The van der Waals surface area contributed by atoms with Gasteiger partial charge in [-0.25, -0.2) is 4.68 Å². The molecule has 0 spiro atoms. The minimum Gasteiger partial charge on any atom is -0.383 e. The molecular formula is C21H28N4O4. The predicted molar refractivity (Wildman–Crippen MR) is 109 cm³/mol. The van der Waals surface area contributed by atoms with Crippen molar-refractivity contribution in [1.29, 1.82) is 0 Å². The van der Waals surface area contributed by atoms with E-state index in [9.17, 15) is 9.59 Å². The van der Waals surface area contributed by atoms with Crippen molar-refractivity contribution in [1.82, 2.24) is 20.0 Å².